The Bertz CT molecular complexity index is 281. The van der Waals surface area contributed by atoms with E-state index in [0.717, 1.165) is 0 Å². The van der Waals surface area contributed by atoms with Gasteiger partial charge in [-0.2, -0.15) is 0 Å². The summed E-state index contributed by atoms with van der Waals surface area (Å²) in [6.45, 7) is 6.42. The van der Waals surface area contributed by atoms with Gasteiger partial charge in [0, 0.05) is 19.1 Å². The standard InChI is InChI=1S/C10H19N3O3/c1-7(2)11-9(15)12-8(14)4-13-5-10(3,16)6-13/h7,16H,4-6H2,1-3H3,(H2,11,12,14,15). The highest BCUT2D eigenvalue weighted by molar-refractivity contribution is 5.95. The molecule has 1 saturated heterocycles. The molecule has 1 fully saturated rings. The average Bonchev–Trinajstić information content (AvgIpc) is 1.97. The predicted octanol–water partition coefficient (Wildman–Crippen LogP) is -0.713. The Morgan fingerprint density at radius 2 is 2.00 bits per heavy atom. The second-order valence-corrected chi connectivity index (χ2v) is 4.82. The van der Waals surface area contributed by atoms with Gasteiger partial charge in [-0.1, -0.05) is 0 Å². The normalized spacial score (nSPS) is 19.1. The number of aliphatic hydroxyl groups is 1. The number of carbonyl (C=O) groups is 2. The molecule has 1 heterocycles. The smallest absolute Gasteiger partial charge is 0.321 e. The van der Waals surface area contributed by atoms with E-state index in [1.165, 1.54) is 0 Å². The number of imide groups is 1. The number of carbonyl (C=O) groups excluding carboxylic acids is 2. The number of likely N-dealkylation sites (tertiary alicyclic amines) is 1. The van der Waals surface area contributed by atoms with Crippen LogP contribution in [0.2, 0.25) is 0 Å². The number of β-amino-alcohol motifs (C(OH)–C–C–N with tert-alkyl or cyclic N) is 1. The monoisotopic (exact) mass is 229 g/mol. The minimum absolute atomic E-state index is 0.00228. The van der Waals surface area contributed by atoms with Gasteiger partial charge in [0.1, 0.15) is 0 Å². The summed E-state index contributed by atoms with van der Waals surface area (Å²) in [4.78, 5) is 24.3. The largest absolute Gasteiger partial charge is 0.388 e. The topological polar surface area (TPSA) is 81.7 Å². The summed E-state index contributed by atoms with van der Waals surface area (Å²) in [7, 11) is 0. The third-order valence-electron chi connectivity index (χ3n) is 2.17. The first-order valence-corrected chi connectivity index (χ1v) is 5.33. The van der Waals surface area contributed by atoms with Gasteiger partial charge in [0.25, 0.3) is 0 Å². The van der Waals surface area contributed by atoms with Gasteiger partial charge in [0.15, 0.2) is 0 Å². The van der Waals surface area contributed by atoms with E-state index in [1.807, 2.05) is 13.8 Å². The molecule has 0 spiro atoms. The maximum absolute atomic E-state index is 11.4. The Balaban J connectivity index is 2.19. The van der Waals surface area contributed by atoms with Crippen molar-refractivity contribution in [3.05, 3.63) is 0 Å². The van der Waals surface area contributed by atoms with E-state index >= 15 is 0 Å². The van der Waals surface area contributed by atoms with Crippen LogP contribution in [0.1, 0.15) is 20.8 Å². The molecule has 0 unspecified atom stereocenters. The number of hydrogen-bond acceptors (Lipinski definition) is 4. The lowest BCUT2D eigenvalue weighted by molar-refractivity contribution is -0.129. The lowest BCUT2D eigenvalue weighted by Gasteiger charge is -2.43. The first kappa shape index (κ1) is 12.9. The van der Waals surface area contributed by atoms with Crippen molar-refractivity contribution in [2.75, 3.05) is 19.6 Å². The molecule has 0 aromatic carbocycles. The van der Waals surface area contributed by atoms with Gasteiger partial charge in [-0.25, -0.2) is 4.79 Å². The zero-order valence-electron chi connectivity index (χ0n) is 9.91. The Morgan fingerprint density at radius 1 is 1.44 bits per heavy atom. The molecule has 0 aromatic rings. The van der Waals surface area contributed by atoms with Crippen LogP contribution in [0, 0.1) is 0 Å². The molecule has 1 aliphatic heterocycles. The summed E-state index contributed by atoms with van der Waals surface area (Å²) in [6, 6.07) is -0.482. The molecule has 1 aliphatic rings. The van der Waals surface area contributed by atoms with Gasteiger partial charge in [-0.15, -0.1) is 0 Å². The van der Waals surface area contributed by atoms with E-state index in [9.17, 15) is 14.7 Å². The SMILES string of the molecule is CC(C)NC(=O)NC(=O)CN1CC(C)(O)C1. The average molecular weight is 229 g/mol. The van der Waals surface area contributed by atoms with Crippen LogP contribution < -0.4 is 10.6 Å². The number of rotatable bonds is 3. The summed E-state index contributed by atoms with van der Waals surface area (Å²) >= 11 is 0. The van der Waals surface area contributed by atoms with Crippen molar-refractivity contribution in [1.29, 1.82) is 0 Å². The maximum Gasteiger partial charge on any atom is 0.321 e. The Kier molecular flexibility index (Phi) is 3.88. The van der Waals surface area contributed by atoms with Crippen molar-refractivity contribution in [3.63, 3.8) is 0 Å². The van der Waals surface area contributed by atoms with Crippen molar-refractivity contribution in [1.82, 2.24) is 15.5 Å². The predicted molar refractivity (Wildman–Crippen MR) is 58.9 cm³/mol. The minimum Gasteiger partial charge on any atom is -0.388 e. The summed E-state index contributed by atoms with van der Waals surface area (Å²) in [5.41, 5.74) is -0.694. The Labute approximate surface area is 95.0 Å². The van der Waals surface area contributed by atoms with Crippen LogP contribution in [0.15, 0.2) is 0 Å². The van der Waals surface area contributed by atoms with Crippen LogP contribution in [-0.2, 0) is 4.79 Å². The summed E-state index contributed by atoms with van der Waals surface area (Å²) in [5.74, 6) is -0.353. The fourth-order valence-electron chi connectivity index (χ4n) is 1.70. The van der Waals surface area contributed by atoms with E-state index in [1.54, 1.807) is 11.8 Å². The molecular weight excluding hydrogens is 210 g/mol. The van der Waals surface area contributed by atoms with Gasteiger partial charge >= 0.3 is 6.03 Å². The number of hydrogen-bond donors (Lipinski definition) is 3. The first-order chi connectivity index (χ1) is 7.28. The summed E-state index contributed by atoms with van der Waals surface area (Å²) in [5, 5.41) is 14.2. The fourth-order valence-corrected chi connectivity index (χ4v) is 1.70. The van der Waals surface area contributed by atoms with Gasteiger partial charge < -0.3 is 10.4 Å². The molecular formula is C10H19N3O3. The van der Waals surface area contributed by atoms with Gasteiger partial charge in [-0.3, -0.25) is 15.0 Å². The maximum atomic E-state index is 11.4. The lowest BCUT2D eigenvalue weighted by atomic mass is 9.97. The van der Waals surface area contributed by atoms with E-state index < -0.39 is 11.6 Å². The summed E-state index contributed by atoms with van der Waals surface area (Å²) < 4.78 is 0. The molecule has 16 heavy (non-hydrogen) atoms. The van der Waals surface area contributed by atoms with Crippen LogP contribution >= 0.6 is 0 Å². The molecule has 6 nitrogen and oxygen atoms in total. The van der Waals surface area contributed by atoms with Gasteiger partial charge in [-0.05, 0) is 20.8 Å². The first-order valence-electron chi connectivity index (χ1n) is 5.33. The zero-order valence-corrected chi connectivity index (χ0v) is 9.91. The fraction of sp³-hybridized carbons (Fsp3) is 0.800. The summed E-state index contributed by atoms with van der Waals surface area (Å²) in [6.07, 6.45) is 0. The lowest BCUT2D eigenvalue weighted by Crippen LogP contribution is -2.62. The van der Waals surface area contributed by atoms with Crippen LogP contribution in [0.4, 0.5) is 4.79 Å². The number of urea groups is 1. The molecule has 6 heteroatoms. The molecule has 0 radical (unpaired) electrons. The minimum atomic E-state index is -0.694. The van der Waals surface area contributed by atoms with E-state index in [0.29, 0.717) is 13.1 Å². The van der Waals surface area contributed by atoms with E-state index in [2.05, 4.69) is 10.6 Å². The zero-order chi connectivity index (χ0) is 12.3. The van der Waals surface area contributed by atoms with Crippen molar-refractivity contribution >= 4 is 11.9 Å². The molecule has 0 saturated carbocycles. The van der Waals surface area contributed by atoms with Crippen LogP contribution in [-0.4, -0.2) is 53.2 Å². The third-order valence-corrected chi connectivity index (χ3v) is 2.17. The van der Waals surface area contributed by atoms with Crippen LogP contribution in [0.3, 0.4) is 0 Å². The van der Waals surface area contributed by atoms with Crippen molar-refractivity contribution in [3.8, 4) is 0 Å². The van der Waals surface area contributed by atoms with Crippen molar-refractivity contribution in [2.45, 2.75) is 32.4 Å². The molecule has 0 atom stereocenters. The molecule has 3 amide bonds. The Hall–Kier alpha value is -1.14. The molecule has 92 valence electrons. The van der Waals surface area contributed by atoms with E-state index in [-0.39, 0.29) is 18.5 Å². The highest BCUT2D eigenvalue weighted by Crippen LogP contribution is 2.18. The highest BCUT2D eigenvalue weighted by Gasteiger charge is 2.37. The molecule has 3 N–H and O–H groups in total. The van der Waals surface area contributed by atoms with Crippen LogP contribution in [0.5, 0.6) is 0 Å². The number of nitrogens with one attached hydrogen (secondary N) is 2. The Morgan fingerprint density at radius 3 is 2.44 bits per heavy atom. The molecule has 1 rings (SSSR count). The van der Waals surface area contributed by atoms with Crippen molar-refractivity contribution < 1.29 is 14.7 Å². The van der Waals surface area contributed by atoms with Gasteiger partial charge in [0.2, 0.25) is 5.91 Å². The molecule has 0 bridgehead atoms. The van der Waals surface area contributed by atoms with Gasteiger partial charge in [0.05, 0.1) is 12.1 Å². The third kappa shape index (κ3) is 4.16. The quantitative estimate of drug-likeness (QED) is 0.597. The molecule has 0 aromatic heterocycles. The number of nitrogens with zero attached hydrogens (tertiary/aromatic N) is 1. The highest BCUT2D eigenvalue weighted by atomic mass is 16.3. The number of amides is 3. The molecule has 0 aliphatic carbocycles. The second-order valence-electron chi connectivity index (χ2n) is 4.82. The van der Waals surface area contributed by atoms with Crippen LogP contribution in [0.25, 0.3) is 0 Å². The van der Waals surface area contributed by atoms with E-state index in [4.69, 9.17) is 0 Å². The van der Waals surface area contributed by atoms with Crippen molar-refractivity contribution in [2.24, 2.45) is 0 Å². The second kappa shape index (κ2) is 4.80.